The minimum Gasteiger partial charge on any atom is -0.205 e. The largest absolute Gasteiger partial charge is 0.258 e. The van der Waals surface area contributed by atoms with Crippen LogP contribution in [0.5, 0.6) is 0 Å². The van der Waals surface area contributed by atoms with Crippen LogP contribution in [0.3, 0.4) is 0 Å². The van der Waals surface area contributed by atoms with Gasteiger partial charge in [0, 0.05) is 10.0 Å². The first-order valence-corrected chi connectivity index (χ1v) is 10.7. The van der Waals surface area contributed by atoms with Gasteiger partial charge in [0.05, 0.1) is 5.69 Å². The van der Waals surface area contributed by atoms with Gasteiger partial charge in [0.25, 0.3) is 20.0 Å². The minimum atomic E-state index is -4.10. The van der Waals surface area contributed by atoms with E-state index in [1.54, 1.807) is 0 Å². The van der Waals surface area contributed by atoms with Crippen molar-refractivity contribution in [1.82, 2.24) is 0 Å². The first-order valence-electron chi connectivity index (χ1n) is 4.48. The molecule has 0 aliphatic rings. The van der Waals surface area contributed by atoms with E-state index in [1.807, 2.05) is 0 Å². The number of alkyl halides is 2. The average molecular weight is 476 g/mol. The lowest BCUT2D eigenvalue weighted by atomic mass is 10.3. The Labute approximate surface area is 138 Å². The van der Waals surface area contributed by atoms with Gasteiger partial charge in [-0.1, -0.05) is 55.1 Å². The average Bonchev–Trinajstić information content (AvgIpc) is 2.27. The van der Waals surface area contributed by atoms with Crippen LogP contribution in [0.2, 0.25) is 10.0 Å². The molecule has 0 unspecified atom stereocenters. The molecular formula is C8H7Br2Cl2NO4S2. The van der Waals surface area contributed by atoms with Crippen LogP contribution in [0.25, 0.3) is 0 Å². The van der Waals surface area contributed by atoms with Gasteiger partial charge >= 0.3 is 0 Å². The molecule has 5 nitrogen and oxygen atoms in total. The molecule has 1 aromatic rings. The molecule has 0 amide bonds. The molecule has 0 aliphatic heterocycles. The molecule has 19 heavy (non-hydrogen) atoms. The van der Waals surface area contributed by atoms with Crippen molar-refractivity contribution < 1.29 is 16.8 Å². The van der Waals surface area contributed by atoms with E-state index in [2.05, 4.69) is 31.9 Å². The predicted octanol–water partition coefficient (Wildman–Crippen LogP) is 3.16. The zero-order chi connectivity index (χ0) is 14.8. The second-order valence-corrected chi connectivity index (χ2v) is 10.6. The van der Waals surface area contributed by atoms with E-state index in [0.717, 1.165) is 0 Å². The number of nitrogens with zero attached hydrogens (tertiary/aromatic N) is 1. The van der Waals surface area contributed by atoms with Crippen molar-refractivity contribution >= 4 is 80.8 Å². The molecule has 0 aliphatic carbocycles. The standard InChI is InChI=1S/C8H7Br2Cl2NO4S2/c9-4-18(14,15)13(19(16,17)5-10)8-2-6(11)1-7(12)3-8/h1-3H,4-5H2. The van der Waals surface area contributed by atoms with E-state index >= 15 is 0 Å². The Bertz CT molecular complexity index is 624. The fourth-order valence-corrected chi connectivity index (χ4v) is 6.51. The smallest absolute Gasteiger partial charge is 0.205 e. The van der Waals surface area contributed by atoms with Crippen molar-refractivity contribution in [3.63, 3.8) is 0 Å². The summed E-state index contributed by atoms with van der Waals surface area (Å²) in [5.41, 5.74) is -0.142. The van der Waals surface area contributed by atoms with Gasteiger partial charge in [0.15, 0.2) is 0 Å². The Balaban J connectivity index is 3.58. The van der Waals surface area contributed by atoms with Gasteiger partial charge in [-0.25, -0.2) is 16.8 Å². The Morgan fingerprint density at radius 1 is 0.895 bits per heavy atom. The molecule has 0 aromatic heterocycles. The summed E-state index contributed by atoms with van der Waals surface area (Å²) in [7, 11) is -8.20. The van der Waals surface area contributed by atoms with Gasteiger partial charge in [-0.2, -0.15) is 3.71 Å². The van der Waals surface area contributed by atoms with E-state index in [4.69, 9.17) is 23.2 Å². The highest BCUT2D eigenvalue weighted by Crippen LogP contribution is 2.30. The van der Waals surface area contributed by atoms with E-state index in [0.29, 0.717) is 3.71 Å². The van der Waals surface area contributed by atoms with Crippen LogP contribution in [0.4, 0.5) is 5.69 Å². The number of halogens is 4. The van der Waals surface area contributed by atoms with Gasteiger partial charge in [-0.05, 0) is 18.2 Å². The Hall–Kier alpha value is 0.460. The van der Waals surface area contributed by atoms with Crippen LogP contribution in [-0.4, -0.2) is 26.2 Å². The second kappa shape index (κ2) is 6.48. The highest BCUT2D eigenvalue weighted by molar-refractivity contribution is 9.11. The van der Waals surface area contributed by atoms with E-state index in [9.17, 15) is 16.8 Å². The molecule has 0 atom stereocenters. The minimum absolute atomic E-state index is 0.127. The lowest BCUT2D eigenvalue weighted by molar-refractivity contribution is 0.590. The zero-order valence-corrected chi connectivity index (χ0v) is 15.4. The van der Waals surface area contributed by atoms with Gasteiger partial charge < -0.3 is 0 Å². The van der Waals surface area contributed by atoms with Crippen LogP contribution >= 0.6 is 55.1 Å². The van der Waals surface area contributed by atoms with Gasteiger partial charge in [-0.15, -0.1) is 0 Å². The van der Waals surface area contributed by atoms with Crippen molar-refractivity contribution in [2.45, 2.75) is 0 Å². The van der Waals surface area contributed by atoms with Crippen molar-refractivity contribution in [1.29, 1.82) is 0 Å². The molecule has 0 N–H and O–H groups in total. The number of benzene rings is 1. The summed E-state index contributed by atoms with van der Waals surface area (Å²) in [4.78, 5) is 0. The number of hydrogen-bond acceptors (Lipinski definition) is 4. The molecule has 0 heterocycles. The topological polar surface area (TPSA) is 71.5 Å². The Morgan fingerprint density at radius 3 is 1.58 bits per heavy atom. The monoisotopic (exact) mass is 473 g/mol. The van der Waals surface area contributed by atoms with Crippen LogP contribution in [0, 0.1) is 0 Å². The Kier molecular flexibility index (Phi) is 5.98. The van der Waals surface area contributed by atoms with Crippen molar-refractivity contribution in [2.75, 3.05) is 13.0 Å². The predicted molar refractivity (Wildman–Crippen MR) is 84.4 cm³/mol. The van der Waals surface area contributed by atoms with Crippen molar-refractivity contribution in [3.05, 3.63) is 28.2 Å². The summed E-state index contributed by atoms with van der Waals surface area (Å²) in [6.07, 6.45) is 0. The summed E-state index contributed by atoms with van der Waals surface area (Å²) < 4.78 is 46.9. The highest BCUT2D eigenvalue weighted by Gasteiger charge is 2.33. The number of hydrogen-bond donors (Lipinski definition) is 0. The quantitative estimate of drug-likeness (QED) is 0.613. The second-order valence-electron chi connectivity index (χ2n) is 3.27. The number of anilines is 1. The molecule has 0 fully saturated rings. The molecule has 0 saturated heterocycles. The molecule has 1 rings (SSSR count). The summed E-state index contributed by atoms with van der Waals surface area (Å²) in [6, 6.07) is 3.77. The zero-order valence-electron chi connectivity index (χ0n) is 9.05. The third-order valence-electron chi connectivity index (χ3n) is 1.84. The molecule has 11 heteroatoms. The third kappa shape index (κ3) is 4.21. The van der Waals surface area contributed by atoms with Crippen molar-refractivity contribution in [2.24, 2.45) is 0 Å². The normalized spacial score (nSPS) is 12.4. The van der Waals surface area contributed by atoms with Crippen LogP contribution in [-0.2, 0) is 20.0 Å². The molecule has 1 aromatic carbocycles. The Morgan fingerprint density at radius 2 is 1.26 bits per heavy atom. The van der Waals surface area contributed by atoms with Gasteiger partial charge in [0.2, 0.25) is 0 Å². The fourth-order valence-electron chi connectivity index (χ4n) is 1.23. The van der Waals surface area contributed by atoms with Crippen LogP contribution in [0.1, 0.15) is 0 Å². The van der Waals surface area contributed by atoms with E-state index in [-0.39, 0.29) is 15.7 Å². The van der Waals surface area contributed by atoms with Gasteiger partial charge in [-0.3, -0.25) is 0 Å². The maximum Gasteiger partial charge on any atom is 0.258 e. The molecule has 0 bridgehead atoms. The third-order valence-corrected chi connectivity index (χ3v) is 9.09. The van der Waals surface area contributed by atoms with E-state index in [1.165, 1.54) is 18.2 Å². The maximum absolute atomic E-state index is 11.9. The summed E-state index contributed by atoms with van der Waals surface area (Å²) in [5.74, 6) is 0. The molecule has 0 spiro atoms. The fraction of sp³-hybridized carbons (Fsp3) is 0.250. The van der Waals surface area contributed by atoms with E-state index < -0.39 is 29.4 Å². The number of sulfonamides is 2. The first-order chi connectivity index (χ1) is 8.64. The van der Waals surface area contributed by atoms with Crippen LogP contribution in [0.15, 0.2) is 18.2 Å². The maximum atomic E-state index is 11.9. The molecular weight excluding hydrogens is 469 g/mol. The lowest BCUT2D eigenvalue weighted by Gasteiger charge is -2.22. The number of rotatable bonds is 5. The molecule has 0 saturated carbocycles. The first kappa shape index (κ1) is 17.5. The van der Waals surface area contributed by atoms with Crippen LogP contribution < -0.4 is 3.71 Å². The summed E-state index contributed by atoms with van der Waals surface area (Å²) in [5, 5.41) is 0.254. The van der Waals surface area contributed by atoms with Crippen molar-refractivity contribution in [3.8, 4) is 0 Å². The highest BCUT2D eigenvalue weighted by atomic mass is 79.9. The lowest BCUT2D eigenvalue weighted by Crippen LogP contribution is -2.38. The summed E-state index contributed by atoms with van der Waals surface area (Å²) >= 11 is 17.0. The molecule has 108 valence electrons. The SMILES string of the molecule is O=S(=O)(CBr)N(c1cc(Cl)cc(Cl)c1)S(=O)(=O)CBr. The summed E-state index contributed by atoms with van der Waals surface area (Å²) in [6.45, 7) is 0. The van der Waals surface area contributed by atoms with Gasteiger partial charge in [0.1, 0.15) is 9.32 Å². The molecule has 0 radical (unpaired) electrons.